The van der Waals surface area contributed by atoms with E-state index in [0.717, 1.165) is 48.2 Å². The van der Waals surface area contributed by atoms with Gasteiger partial charge in [-0.15, -0.1) is 0 Å². The Balaban J connectivity index is 1.63. The van der Waals surface area contributed by atoms with Gasteiger partial charge in [0.1, 0.15) is 11.5 Å². The zero-order chi connectivity index (χ0) is 26.2. The zero-order valence-electron chi connectivity index (χ0n) is 22.3. The molecule has 0 saturated carbocycles. The minimum Gasteiger partial charge on any atom is -0.493 e. The Labute approximate surface area is 221 Å². The lowest BCUT2D eigenvalue weighted by molar-refractivity contribution is -0.123. The molecule has 0 amide bonds. The smallest absolute Gasteiger partial charge is 0.146 e. The summed E-state index contributed by atoms with van der Waals surface area (Å²) in [5.41, 5.74) is 8.13. The molecule has 1 aliphatic rings. The molecular formula is C33H38FNO2. The van der Waals surface area contributed by atoms with Crippen LogP contribution in [0.4, 0.5) is 4.39 Å². The summed E-state index contributed by atoms with van der Waals surface area (Å²) in [6.45, 7) is 7.47. The number of aryl methyl sites for hydroxylation is 1. The van der Waals surface area contributed by atoms with Crippen LogP contribution in [0.2, 0.25) is 0 Å². The van der Waals surface area contributed by atoms with Crippen molar-refractivity contribution in [3.8, 4) is 16.9 Å². The first-order valence-electron chi connectivity index (χ1n) is 13.4. The van der Waals surface area contributed by atoms with Gasteiger partial charge < -0.3 is 4.74 Å². The summed E-state index contributed by atoms with van der Waals surface area (Å²) in [6, 6.07) is 21.0. The van der Waals surface area contributed by atoms with Crippen LogP contribution in [0.3, 0.4) is 0 Å². The highest BCUT2D eigenvalue weighted by molar-refractivity contribution is 5.81. The third kappa shape index (κ3) is 6.75. The van der Waals surface area contributed by atoms with Crippen molar-refractivity contribution >= 4 is 17.9 Å². The van der Waals surface area contributed by atoms with E-state index in [1.807, 2.05) is 6.07 Å². The van der Waals surface area contributed by atoms with E-state index in [1.165, 1.54) is 22.3 Å². The number of Topliss-reactive ketones (excluding diaryl/α,β-unsaturated/α-hetero) is 1. The van der Waals surface area contributed by atoms with Crippen LogP contribution in [0, 0.1) is 13.8 Å². The largest absolute Gasteiger partial charge is 0.493 e. The quantitative estimate of drug-likeness (QED) is 0.210. The Bertz CT molecular complexity index is 1230. The first-order valence-corrected chi connectivity index (χ1v) is 13.4. The highest BCUT2D eigenvalue weighted by Crippen LogP contribution is 2.31. The number of benzene rings is 3. The van der Waals surface area contributed by atoms with E-state index in [-0.39, 0.29) is 11.8 Å². The summed E-state index contributed by atoms with van der Waals surface area (Å²) in [5, 5.41) is 0. The molecule has 1 heterocycles. The summed E-state index contributed by atoms with van der Waals surface area (Å²) in [7, 11) is 0. The minimum absolute atomic E-state index is 0.0350. The predicted octanol–water partition coefficient (Wildman–Crippen LogP) is 7.82. The van der Waals surface area contributed by atoms with Crippen LogP contribution in [-0.2, 0) is 11.3 Å². The minimum atomic E-state index is -0.399. The standard InChI is InChI=1S/C33H38FNO2/c1-24-21-30(23-35-19-8-7-15-32(35)26(3)36)33(37-20-10-18-34)22-29(24)17-16-27-13-9-14-31(25(27)2)28-11-5-4-6-12-28/h4-6,9,11-14,16-17,21-22,32H,7-8,10,15,18-20,23H2,1-3H3/b17-16+/t32-/m0/s1. The van der Waals surface area contributed by atoms with E-state index in [1.54, 1.807) is 6.92 Å². The lowest BCUT2D eigenvalue weighted by Crippen LogP contribution is -2.43. The maximum Gasteiger partial charge on any atom is 0.146 e. The average Bonchev–Trinajstić information content (AvgIpc) is 2.90. The maximum atomic E-state index is 12.8. The Kier molecular flexibility index (Phi) is 9.29. The number of carbonyl (C=O) groups is 1. The molecule has 0 aromatic heterocycles. The van der Waals surface area contributed by atoms with Crippen LogP contribution in [0.5, 0.6) is 5.75 Å². The number of likely N-dealkylation sites (tertiary alicyclic amines) is 1. The van der Waals surface area contributed by atoms with Gasteiger partial charge in [0.25, 0.3) is 0 Å². The Morgan fingerprint density at radius 3 is 2.57 bits per heavy atom. The van der Waals surface area contributed by atoms with Crippen LogP contribution in [-0.4, -0.2) is 36.6 Å². The molecule has 0 aliphatic carbocycles. The maximum absolute atomic E-state index is 12.8. The molecule has 1 saturated heterocycles. The van der Waals surface area contributed by atoms with Gasteiger partial charge in [0.2, 0.25) is 0 Å². The normalized spacial score (nSPS) is 16.3. The SMILES string of the molecule is CC(=O)[C@@H]1CCCCN1Cc1cc(C)c(/C=C/c2cccc(-c3ccccc3)c2C)cc1OCCCF. The first kappa shape index (κ1) is 26.8. The van der Waals surface area contributed by atoms with Gasteiger partial charge in [-0.1, -0.05) is 73.2 Å². The highest BCUT2D eigenvalue weighted by atomic mass is 19.1. The van der Waals surface area contributed by atoms with Crippen LogP contribution < -0.4 is 4.74 Å². The van der Waals surface area contributed by atoms with Crippen molar-refractivity contribution in [3.05, 3.63) is 88.5 Å². The molecule has 0 radical (unpaired) electrons. The molecule has 194 valence electrons. The number of ketones is 1. The lowest BCUT2D eigenvalue weighted by atomic mass is 9.95. The average molecular weight is 500 g/mol. The van der Waals surface area contributed by atoms with E-state index in [2.05, 4.69) is 85.5 Å². The fraction of sp³-hybridized carbons (Fsp3) is 0.364. The molecule has 1 aliphatic heterocycles. The number of alkyl halides is 1. The Morgan fingerprint density at radius 2 is 1.81 bits per heavy atom. The molecule has 1 atom stereocenters. The van der Waals surface area contributed by atoms with Gasteiger partial charge in [0.05, 0.1) is 19.3 Å². The van der Waals surface area contributed by atoms with Gasteiger partial charge in [-0.25, -0.2) is 0 Å². The number of halogens is 1. The molecule has 3 nitrogen and oxygen atoms in total. The van der Waals surface area contributed by atoms with Gasteiger partial charge in [0.15, 0.2) is 0 Å². The number of ether oxygens (including phenoxy) is 1. The first-order chi connectivity index (χ1) is 18.0. The van der Waals surface area contributed by atoms with E-state index in [0.29, 0.717) is 19.6 Å². The Morgan fingerprint density at radius 1 is 1.03 bits per heavy atom. The molecule has 1 fully saturated rings. The number of piperidine rings is 1. The second-order valence-electron chi connectivity index (χ2n) is 10.0. The van der Waals surface area contributed by atoms with Crippen LogP contribution >= 0.6 is 0 Å². The molecule has 4 heteroatoms. The molecular weight excluding hydrogens is 461 g/mol. The molecule has 0 N–H and O–H groups in total. The second-order valence-corrected chi connectivity index (χ2v) is 10.0. The van der Waals surface area contributed by atoms with Crippen molar-refractivity contribution in [2.24, 2.45) is 0 Å². The number of rotatable bonds is 10. The van der Waals surface area contributed by atoms with E-state index < -0.39 is 6.67 Å². The van der Waals surface area contributed by atoms with Gasteiger partial charge in [-0.2, -0.15) is 0 Å². The van der Waals surface area contributed by atoms with E-state index in [9.17, 15) is 9.18 Å². The van der Waals surface area contributed by atoms with Crippen molar-refractivity contribution in [2.75, 3.05) is 19.8 Å². The van der Waals surface area contributed by atoms with Crippen LogP contribution in [0.15, 0.2) is 60.7 Å². The van der Waals surface area contributed by atoms with Crippen LogP contribution in [0.25, 0.3) is 23.3 Å². The van der Waals surface area contributed by atoms with Crippen LogP contribution in [0.1, 0.15) is 60.4 Å². The molecule has 3 aromatic carbocycles. The molecule has 3 aromatic rings. The number of nitrogens with zero attached hydrogens (tertiary/aromatic N) is 1. The molecule has 37 heavy (non-hydrogen) atoms. The van der Waals surface area contributed by atoms with Crippen molar-refractivity contribution in [1.82, 2.24) is 4.90 Å². The van der Waals surface area contributed by atoms with Crippen molar-refractivity contribution < 1.29 is 13.9 Å². The molecule has 0 unspecified atom stereocenters. The monoisotopic (exact) mass is 499 g/mol. The van der Waals surface area contributed by atoms with Gasteiger partial charge >= 0.3 is 0 Å². The molecule has 0 spiro atoms. The highest BCUT2D eigenvalue weighted by Gasteiger charge is 2.27. The zero-order valence-corrected chi connectivity index (χ0v) is 22.3. The third-order valence-electron chi connectivity index (χ3n) is 7.34. The van der Waals surface area contributed by atoms with Gasteiger partial charge in [-0.3, -0.25) is 14.1 Å². The van der Waals surface area contributed by atoms with Crippen molar-refractivity contribution in [3.63, 3.8) is 0 Å². The lowest BCUT2D eigenvalue weighted by Gasteiger charge is -2.34. The molecule has 4 rings (SSSR count). The van der Waals surface area contributed by atoms with Crippen molar-refractivity contribution in [1.29, 1.82) is 0 Å². The fourth-order valence-corrected chi connectivity index (χ4v) is 5.24. The number of hydrogen-bond acceptors (Lipinski definition) is 3. The summed E-state index contributed by atoms with van der Waals surface area (Å²) in [5.74, 6) is 1.00. The molecule has 0 bridgehead atoms. The summed E-state index contributed by atoms with van der Waals surface area (Å²) in [6.07, 6.45) is 7.76. The van der Waals surface area contributed by atoms with E-state index in [4.69, 9.17) is 4.74 Å². The number of carbonyl (C=O) groups excluding carboxylic acids is 1. The third-order valence-corrected chi connectivity index (χ3v) is 7.34. The number of hydrogen-bond donors (Lipinski definition) is 0. The second kappa shape index (κ2) is 12.8. The summed E-state index contributed by atoms with van der Waals surface area (Å²) >= 11 is 0. The van der Waals surface area contributed by atoms with Gasteiger partial charge in [-0.05, 0) is 79.6 Å². The van der Waals surface area contributed by atoms with E-state index >= 15 is 0 Å². The predicted molar refractivity (Wildman–Crippen MR) is 152 cm³/mol. The van der Waals surface area contributed by atoms with Crippen molar-refractivity contribution in [2.45, 2.75) is 59.0 Å². The topological polar surface area (TPSA) is 29.5 Å². The fourth-order valence-electron chi connectivity index (χ4n) is 5.24. The Hall–Kier alpha value is -3.24. The summed E-state index contributed by atoms with van der Waals surface area (Å²) < 4.78 is 18.9. The van der Waals surface area contributed by atoms with Gasteiger partial charge in [0, 0.05) is 18.5 Å². The summed E-state index contributed by atoms with van der Waals surface area (Å²) in [4.78, 5) is 14.5.